The summed E-state index contributed by atoms with van der Waals surface area (Å²) in [6.07, 6.45) is 3.34. The molecule has 0 saturated heterocycles. The maximum absolute atomic E-state index is 12.0. The van der Waals surface area contributed by atoms with Crippen LogP contribution in [0.4, 0.5) is 0 Å². The minimum absolute atomic E-state index is 0.0583. The molecule has 20 heavy (non-hydrogen) atoms. The van der Waals surface area contributed by atoms with Crippen LogP contribution >= 0.6 is 11.3 Å². The first-order valence-corrected chi connectivity index (χ1v) is 8.21. The van der Waals surface area contributed by atoms with E-state index in [2.05, 4.69) is 12.2 Å². The molecule has 0 aliphatic carbocycles. The fourth-order valence-corrected chi connectivity index (χ4v) is 2.54. The van der Waals surface area contributed by atoms with Crippen molar-refractivity contribution in [2.24, 2.45) is 0 Å². The first-order valence-electron chi connectivity index (χ1n) is 7.27. The predicted octanol–water partition coefficient (Wildman–Crippen LogP) is 2.91. The lowest BCUT2D eigenvalue weighted by Crippen LogP contribution is -2.32. The summed E-state index contributed by atoms with van der Waals surface area (Å²) < 4.78 is 0. The van der Waals surface area contributed by atoms with Crippen LogP contribution in [0.1, 0.15) is 49.9 Å². The SMILES string of the molecule is CCCCN(CC)C(=O)CCCNC(=O)c1ccsc1. The molecule has 0 radical (unpaired) electrons. The zero-order valence-corrected chi connectivity index (χ0v) is 13.2. The van der Waals surface area contributed by atoms with Gasteiger partial charge in [-0.2, -0.15) is 11.3 Å². The van der Waals surface area contributed by atoms with Gasteiger partial charge in [-0.15, -0.1) is 0 Å². The number of carbonyl (C=O) groups excluding carboxylic acids is 2. The van der Waals surface area contributed by atoms with E-state index in [4.69, 9.17) is 0 Å². The Morgan fingerprint density at radius 2 is 2.10 bits per heavy atom. The van der Waals surface area contributed by atoms with Gasteiger partial charge in [0.1, 0.15) is 0 Å². The Kier molecular flexibility index (Phi) is 7.95. The van der Waals surface area contributed by atoms with Gasteiger partial charge in [-0.25, -0.2) is 0 Å². The number of nitrogens with zero attached hydrogens (tertiary/aromatic N) is 1. The van der Waals surface area contributed by atoms with Crippen LogP contribution < -0.4 is 5.32 Å². The molecule has 0 aliphatic rings. The molecule has 4 nitrogen and oxygen atoms in total. The number of unbranched alkanes of at least 4 members (excludes halogenated alkanes) is 1. The Hall–Kier alpha value is -1.36. The van der Waals surface area contributed by atoms with Gasteiger partial charge in [0.2, 0.25) is 5.91 Å². The first-order chi connectivity index (χ1) is 9.69. The molecule has 0 bridgehead atoms. The van der Waals surface area contributed by atoms with Crippen LogP contribution in [-0.4, -0.2) is 36.3 Å². The lowest BCUT2D eigenvalue weighted by Gasteiger charge is -2.20. The number of nitrogens with one attached hydrogen (secondary N) is 1. The van der Waals surface area contributed by atoms with Crippen molar-refractivity contribution in [3.05, 3.63) is 22.4 Å². The monoisotopic (exact) mass is 296 g/mol. The molecule has 0 saturated carbocycles. The summed E-state index contributed by atoms with van der Waals surface area (Å²) in [4.78, 5) is 25.5. The van der Waals surface area contributed by atoms with Crippen LogP contribution in [0.25, 0.3) is 0 Å². The zero-order chi connectivity index (χ0) is 14.8. The quantitative estimate of drug-likeness (QED) is 0.712. The second-order valence-electron chi connectivity index (χ2n) is 4.70. The minimum Gasteiger partial charge on any atom is -0.352 e. The third kappa shape index (κ3) is 5.74. The molecule has 112 valence electrons. The highest BCUT2D eigenvalue weighted by Crippen LogP contribution is 2.05. The van der Waals surface area contributed by atoms with Crippen molar-refractivity contribution in [2.45, 2.75) is 39.5 Å². The Morgan fingerprint density at radius 1 is 1.30 bits per heavy atom. The van der Waals surface area contributed by atoms with Crippen molar-refractivity contribution >= 4 is 23.2 Å². The van der Waals surface area contributed by atoms with Crippen molar-refractivity contribution in [1.82, 2.24) is 10.2 Å². The Labute approximate surface area is 125 Å². The van der Waals surface area contributed by atoms with E-state index in [0.717, 1.165) is 25.9 Å². The molecule has 1 aromatic rings. The van der Waals surface area contributed by atoms with Crippen molar-refractivity contribution in [1.29, 1.82) is 0 Å². The molecule has 1 heterocycles. The maximum Gasteiger partial charge on any atom is 0.252 e. The van der Waals surface area contributed by atoms with E-state index < -0.39 is 0 Å². The number of thiophene rings is 1. The molecule has 0 spiro atoms. The van der Waals surface area contributed by atoms with Gasteiger partial charge < -0.3 is 10.2 Å². The summed E-state index contributed by atoms with van der Waals surface area (Å²) >= 11 is 1.50. The van der Waals surface area contributed by atoms with Gasteiger partial charge in [0, 0.05) is 37.0 Å². The van der Waals surface area contributed by atoms with Crippen LogP contribution in [0.15, 0.2) is 16.8 Å². The molecule has 0 atom stereocenters. The Balaban J connectivity index is 2.19. The highest BCUT2D eigenvalue weighted by Gasteiger charge is 2.11. The second kappa shape index (κ2) is 9.53. The Bertz CT molecular complexity index is 404. The van der Waals surface area contributed by atoms with E-state index in [1.165, 1.54) is 11.3 Å². The largest absolute Gasteiger partial charge is 0.352 e. The van der Waals surface area contributed by atoms with E-state index in [-0.39, 0.29) is 11.8 Å². The smallest absolute Gasteiger partial charge is 0.252 e. The van der Waals surface area contributed by atoms with Gasteiger partial charge >= 0.3 is 0 Å². The topological polar surface area (TPSA) is 49.4 Å². The van der Waals surface area contributed by atoms with Crippen LogP contribution in [0.2, 0.25) is 0 Å². The summed E-state index contributed by atoms with van der Waals surface area (Å²) in [5.41, 5.74) is 0.694. The summed E-state index contributed by atoms with van der Waals surface area (Å²) in [6, 6.07) is 1.80. The maximum atomic E-state index is 12.0. The summed E-state index contributed by atoms with van der Waals surface area (Å²) in [5.74, 6) is 0.128. The van der Waals surface area contributed by atoms with Crippen LogP contribution in [0.3, 0.4) is 0 Å². The van der Waals surface area contributed by atoms with Crippen LogP contribution in [0.5, 0.6) is 0 Å². The van der Waals surface area contributed by atoms with Crippen molar-refractivity contribution in [2.75, 3.05) is 19.6 Å². The predicted molar refractivity (Wildman–Crippen MR) is 83.0 cm³/mol. The fraction of sp³-hybridized carbons (Fsp3) is 0.600. The highest BCUT2D eigenvalue weighted by atomic mass is 32.1. The summed E-state index contributed by atoms with van der Waals surface area (Å²) in [5, 5.41) is 6.54. The van der Waals surface area contributed by atoms with Crippen molar-refractivity contribution < 1.29 is 9.59 Å². The standard InChI is InChI=1S/C15H24N2O2S/c1-3-5-10-17(4-2)14(18)7-6-9-16-15(19)13-8-11-20-12-13/h8,11-12H,3-7,9-10H2,1-2H3,(H,16,19). The van der Waals surface area contributed by atoms with E-state index >= 15 is 0 Å². The van der Waals surface area contributed by atoms with Crippen LogP contribution in [-0.2, 0) is 4.79 Å². The molecule has 0 aromatic carbocycles. The number of carbonyl (C=O) groups is 2. The fourth-order valence-electron chi connectivity index (χ4n) is 1.90. The molecule has 0 aliphatic heterocycles. The van der Waals surface area contributed by atoms with E-state index in [1.54, 1.807) is 6.07 Å². The van der Waals surface area contributed by atoms with Crippen molar-refractivity contribution in [3.63, 3.8) is 0 Å². The molecule has 5 heteroatoms. The van der Waals surface area contributed by atoms with E-state index in [1.807, 2.05) is 22.6 Å². The normalized spacial score (nSPS) is 10.3. The number of hydrogen-bond donors (Lipinski definition) is 1. The number of amides is 2. The molecule has 2 amide bonds. The second-order valence-corrected chi connectivity index (χ2v) is 5.48. The van der Waals surface area contributed by atoms with E-state index in [9.17, 15) is 9.59 Å². The van der Waals surface area contributed by atoms with Crippen LogP contribution in [0, 0.1) is 0 Å². The van der Waals surface area contributed by atoms with Gasteiger partial charge in [-0.3, -0.25) is 9.59 Å². The summed E-state index contributed by atoms with van der Waals surface area (Å²) in [6.45, 7) is 6.28. The Morgan fingerprint density at radius 3 is 2.70 bits per heavy atom. The zero-order valence-electron chi connectivity index (χ0n) is 12.4. The van der Waals surface area contributed by atoms with Gasteiger partial charge in [-0.1, -0.05) is 13.3 Å². The highest BCUT2D eigenvalue weighted by molar-refractivity contribution is 7.08. The third-order valence-electron chi connectivity index (χ3n) is 3.15. The lowest BCUT2D eigenvalue weighted by atomic mass is 10.2. The van der Waals surface area contributed by atoms with Crippen molar-refractivity contribution in [3.8, 4) is 0 Å². The summed E-state index contributed by atoms with van der Waals surface area (Å²) in [7, 11) is 0. The molecular formula is C15H24N2O2S. The first kappa shape index (κ1) is 16.7. The molecular weight excluding hydrogens is 272 g/mol. The average molecular weight is 296 g/mol. The molecule has 0 unspecified atom stereocenters. The average Bonchev–Trinajstić information content (AvgIpc) is 2.98. The van der Waals surface area contributed by atoms with Gasteiger partial charge in [0.25, 0.3) is 5.91 Å². The molecule has 1 aromatic heterocycles. The third-order valence-corrected chi connectivity index (χ3v) is 3.84. The molecule has 0 fully saturated rings. The number of hydrogen-bond acceptors (Lipinski definition) is 3. The van der Waals surface area contributed by atoms with Gasteiger partial charge in [0.15, 0.2) is 0 Å². The minimum atomic E-state index is -0.0583. The number of rotatable bonds is 9. The van der Waals surface area contributed by atoms with Gasteiger partial charge in [0.05, 0.1) is 0 Å². The molecule has 1 N–H and O–H groups in total. The lowest BCUT2D eigenvalue weighted by molar-refractivity contribution is -0.131. The van der Waals surface area contributed by atoms with E-state index in [0.29, 0.717) is 24.9 Å². The molecule has 1 rings (SSSR count). The van der Waals surface area contributed by atoms with Gasteiger partial charge in [-0.05, 0) is 31.2 Å².